The van der Waals surface area contributed by atoms with Gasteiger partial charge in [-0.3, -0.25) is 0 Å². The Bertz CT molecular complexity index is 748. The molecule has 0 saturated carbocycles. The molecule has 0 bridgehead atoms. The van der Waals surface area contributed by atoms with Crippen molar-refractivity contribution in [3.8, 4) is 11.4 Å². The molecule has 0 saturated heterocycles. The molecule has 3 nitrogen and oxygen atoms in total. The summed E-state index contributed by atoms with van der Waals surface area (Å²) >= 11 is 0. The van der Waals surface area contributed by atoms with E-state index in [2.05, 4.69) is 53.0 Å². The number of hydrogen-bond acceptors (Lipinski definition) is 3. The van der Waals surface area contributed by atoms with E-state index in [0.29, 0.717) is 0 Å². The summed E-state index contributed by atoms with van der Waals surface area (Å²) < 4.78 is 0. The lowest BCUT2D eigenvalue weighted by molar-refractivity contribution is 0.866. The molecule has 3 heteroatoms. The minimum Gasteiger partial charge on any atom is -0.372 e. The van der Waals surface area contributed by atoms with Crippen molar-refractivity contribution in [1.29, 1.82) is 0 Å². The first-order valence-electron chi connectivity index (χ1n) is 7.39. The highest BCUT2D eigenvalue weighted by Crippen LogP contribution is 2.23. The van der Waals surface area contributed by atoms with Crippen LogP contribution in [0.5, 0.6) is 0 Å². The first-order valence-corrected chi connectivity index (χ1v) is 7.39. The van der Waals surface area contributed by atoms with Crippen molar-refractivity contribution >= 4 is 16.6 Å². The van der Waals surface area contributed by atoms with E-state index in [1.54, 1.807) is 0 Å². The van der Waals surface area contributed by atoms with Crippen molar-refractivity contribution < 1.29 is 0 Å². The quantitative estimate of drug-likeness (QED) is 0.717. The zero-order chi connectivity index (χ0) is 14.7. The Labute approximate surface area is 125 Å². The van der Waals surface area contributed by atoms with E-state index in [1.165, 1.54) is 5.69 Å². The number of rotatable bonds is 4. The summed E-state index contributed by atoms with van der Waals surface area (Å²) in [5.74, 6) is 0.780. The zero-order valence-electron chi connectivity index (χ0n) is 12.5. The smallest absolute Gasteiger partial charge is 0.159 e. The standard InChI is InChI=1S/C18H19N3/c1-3-21(4-2)16-10-7-9-14(12-16)18-19-13-15-8-5-6-11-17(15)20-18/h5-13H,3-4H2,1-2H3. The van der Waals surface area contributed by atoms with E-state index in [9.17, 15) is 0 Å². The molecule has 0 spiro atoms. The van der Waals surface area contributed by atoms with E-state index < -0.39 is 0 Å². The van der Waals surface area contributed by atoms with Gasteiger partial charge in [-0.1, -0.05) is 30.3 Å². The number of hydrogen-bond donors (Lipinski definition) is 0. The van der Waals surface area contributed by atoms with Crippen LogP contribution in [0.15, 0.2) is 54.7 Å². The Balaban J connectivity index is 2.03. The Morgan fingerprint density at radius 3 is 2.57 bits per heavy atom. The molecule has 0 unspecified atom stereocenters. The molecule has 3 rings (SSSR count). The second kappa shape index (κ2) is 5.92. The molecular weight excluding hydrogens is 258 g/mol. The maximum absolute atomic E-state index is 4.67. The van der Waals surface area contributed by atoms with Crippen LogP contribution in [0.1, 0.15) is 13.8 Å². The van der Waals surface area contributed by atoms with Crippen LogP contribution < -0.4 is 4.90 Å². The van der Waals surface area contributed by atoms with Gasteiger partial charge in [0, 0.05) is 35.9 Å². The topological polar surface area (TPSA) is 29.0 Å². The fourth-order valence-electron chi connectivity index (χ4n) is 2.54. The van der Waals surface area contributed by atoms with Crippen molar-refractivity contribution in [2.45, 2.75) is 13.8 Å². The van der Waals surface area contributed by atoms with Gasteiger partial charge in [0.1, 0.15) is 0 Å². The van der Waals surface area contributed by atoms with Gasteiger partial charge in [0.25, 0.3) is 0 Å². The number of para-hydroxylation sites is 1. The second-order valence-electron chi connectivity index (χ2n) is 4.98. The van der Waals surface area contributed by atoms with Gasteiger partial charge in [-0.15, -0.1) is 0 Å². The van der Waals surface area contributed by atoms with Gasteiger partial charge in [-0.05, 0) is 32.0 Å². The van der Waals surface area contributed by atoms with Crippen LogP contribution in [0, 0.1) is 0 Å². The monoisotopic (exact) mass is 277 g/mol. The Hall–Kier alpha value is -2.42. The predicted molar refractivity (Wildman–Crippen MR) is 88.5 cm³/mol. The largest absolute Gasteiger partial charge is 0.372 e. The molecule has 0 aliphatic rings. The molecule has 2 aromatic carbocycles. The van der Waals surface area contributed by atoms with E-state index in [1.807, 2.05) is 30.5 Å². The van der Waals surface area contributed by atoms with Crippen LogP contribution in [-0.2, 0) is 0 Å². The van der Waals surface area contributed by atoms with Crippen LogP contribution in [0.3, 0.4) is 0 Å². The van der Waals surface area contributed by atoms with Crippen molar-refractivity contribution in [2.75, 3.05) is 18.0 Å². The average Bonchev–Trinajstić information content (AvgIpc) is 2.56. The molecular formula is C18H19N3. The van der Waals surface area contributed by atoms with Gasteiger partial charge < -0.3 is 4.90 Å². The SMILES string of the molecule is CCN(CC)c1cccc(-c2ncc3ccccc3n2)c1. The zero-order valence-corrected chi connectivity index (χ0v) is 12.5. The normalized spacial score (nSPS) is 10.8. The molecule has 0 fully saturated rings. The van der Waals surface area contributed by atoms with Crippen molar-refractivity contribution in [3.63, 3.8) is 0 Å². The third kappa shape index (κ3) is 2.72. The molecule has 0 aliphatic heterocycles. The summed E-state index contributed by atoms with van der Waals surface area (Å²) in [6.45, 7) is 6.34. The summed E-state index contributed by atoms with van der Waals surface area (Å²) in [4.78, 5) is 11.5. The fourth-order valence-corrected chi connectivity index (χ4v) is 2.54. The highest BCUT2D eigenvalue weighted by atomic mass is 15.1. The molecule has 0 amide bonds. The molecule has 1 aromatic heterocycles. The highest BCUT2D eigenvalue weighted by Gasteiger charge is 2.06. The van der Waals surface area contributed by atoms with E-state index >= 15 is 0 Å². The highest BCUT2D eigenvalue weighted by molar-refractivity contribution is 5.79. The fraction of sp³-hybridized carbons (Fsp3) is 0.222. The van der Waals surface area contributed by atoms with Crippen LogP contribution in [0.2, 0.25) is 0 Å². The minimum absolute atomic E-state index is 0.780. The first-order chi connectivity index (χ1) is 10.3. The van der Waals surface area contributed by atoms with Crippen molar-refractivity contribution in [1.82, 2.24) is 9.97 Å². The summed E-state index contributed by atoms with van der Waals surface area (Å²) in [6, 6.07) is 16.5. The molecule has 0 radical (unpaired) electrons. The second-order valence-corrected chi connectivity index (χ2v) is 4.98. The Morgan fingerprint density at radius 2 is 1.76 bits per heavy atom. The Morgan fingerprint density at radius 1 is 0.952 bits per heavy atom. The van der Waals surface area contributed by atoms with Gasteiger partial charge in [-0.2, -0.15) is 0 Å². The third-order valence-corrected chi connectivity index (χ3v) is 3.72. The van der Waals surface area contributed by atoms with Crippen LogP contribution in [-0.4, -0.2) is 23.1 Å². The number of anilines is 1. The number of aromatic nitrogens is 2. The molecule has 0 N–H and O–H groups in total. The van der Waals surface area contributed by atoms with Crippen LogP contribution in [0.25, 0.3) is 22.3 Å². The summed E-state index contributed by atoms with van der Waals surface area (Å²) in [6.07, 6.45) is 1.89. The van der Waals surface area contributed by atoms with Crippen LogP contribution >= 0.6 is 0 Å². The lowest BCUT2D eigenvalue weighted by Gasteiger charge is -2.21. The van der Waals surface area contributed by atoms with Gasteiger partial charge in [0.15, 0.2) is 5.82 Å². The molecule has 1 heterocycles. The third-order valence-electron chi connectivity index (χ3n) is 3.72. The summed E-state index contributed by atoms with van der Waals surface area (Å²) in [7, 11) is 0. The summed E-state index contributed by atoms with van der Waals surface area (Å²) in [5, 5.41) is 1.07. The lowest BCUT2D eigenvalue weighted by Crippen LogP contribution is -2.21. The lowest BCUT2D eigenvalue weighted by atomic mass is 10.1. The van der Waals surface area contributed by atoms with Gasteiger partial charge >= 0.3 is 0 Å². The summed E-state index contributed by atoms with van der Waals surface area (Å²) in [5.41, 5.74) is 3.26. The average molecular weight is 277 g/mol. The number of fused-ring (bicyclic) bond motifs is 1. The maximum Gasteiger partial charge on any atom is 0.159 e. The van der Waals surface area contributed by atoms with Crippen LogP contribution in [0.4, 0.5) is 5.69 Å². The number of nitrogens with zero attached hydrogens (tertiary/aromatic N) is 3. The Kier molecular flexibility index (Phi) is 3.82. The van der Waals surface area contributed by atoms with Gasteiger partial charge in [0.05, 0.1) is 5.52 Å². The van der Waals surface area contributed by atoms with Crippen molar-refractivity contribution in [3.05, 3.63) is 54.7 Å². The van der Waals surface area contributed by atoms with E-state index in [0.717, 1.165) is 35.4 Å². The van der Waals surface area contributed by atoms with Gasteiger partial charge in [0.2, 0.25) is 0 Å². The molecule has 106 valence electrons. The predicted octanol–water partition coefficient (Wildman–Crippen LogP) is 4.14. The van der Waals surface area contributed by atoms with Gasteiger partial charge in [-0.25, -0.2) is 9.97 Å². The molecule has 21 heavy (non-hydrogen) atoms. The number of benzene rings is 2. The molecule has 3 aromatic rings. The van der Waals surface area contributed by atoms with Crippen molar-refractivity contribution in [2.24, 2.45) is 0 Å². The van der Waals surface area contributed by atoms with E-state index in [-0.39, 0.29) is 0 Å². The maximum atomic E-state index is 4.67. The first kappa shape index (κ1) is 13.6. The van der Waals surface area contributed by atoms with E-state index in [4.69, 9.17) is 0 Å². The molecule has 0 atom stereocenters. The molecule has 0 aliphatic carbocycles. The minimum atomic E-state index is 0.780.